The quantitative estimate of drug-likeness (QED) is 0.502. The fourth-order valence-electron chi connectivity index (χ4n) is 3.14. The molecule has 0 spiro atoms. The third-order valence-electron chi connectivity index (χ3n) is 4.74. The molecule has 4 aromatic rings. The van der Waals surface area contributed by atoms with Crippen LogP contribution in [0.15, 0.2) is 67.0 Å². The summed E-state index contributed by atoms with van der Waals surface area (Å²) in [7, 11) is 1.62. The van der Waals surface area contributed by atoms with Crippen molar-refractivity contribution < 1.29 is 9.53 Å². The van der Waals surface area contributed by atoms with E-state index in [0.29, 0.717) is 5.69 Å². The molecule has 146 valence electrons. The third-order valence-corrected chi connectivity index (χ3v) is 4.74. The number of methoxy groups -OCH3 is 1. The molecule has 2 aromatic heterocycles. The minimum atomic E-state index is -0.297. The molecule has 29 heavy (non-hydrogen) atoms. The SMILES string of the molecule is COc1ccc(NC(=O)Nc2ccc(-c3cn4ccc(C)cc4n3)cc2)c(C)c1. The zero-order valence-corrected chi connectivity index (χ0v) is 16.6. The van der Waals surface area contributed by atoms with Crippen molar-refractivity contribution in [3.63, 3.8) is 0 Å². The van der Waals surface area contributed by atoms with E-state index in [0.717, 1.165) is 33.9 Å². The molecule has 2 heterocycles. The lowest BCUT2D eigenvalue weighted by Crippen LogP contribution is -2.19. The zero-order valence-electron chi connectivity index (χ0n) is 16.6. The molecular weight excluding hydrogens is 364 g/mol. The summed E-state index contributed by atoms with van der Waals surface area (Å²) < 4.78 is 7.19. The summed E-state index contributed by atoms with van der Waals surface area (Å²) in [6, 6.07) is 16.9. The molecule has 0 aliphatic rings. The number of hydrogen-bond acceptors (Lipinski definition) is 3. The highest BCUT2D eigenvalue weighted by Gasteiger charge is 2.08. The van der Waals surface area contributed by atoms with Crippen molar-refractivity contribution in [2.24, 2.45) is 0 Å². The van der Waals surface area contributed by atoms with Crippen LogP contribution < -0.4 is 15.4 Å². The van der Waals surface area contributed by atoms with Gasteiger partial charge in [-0.3, -0.25) is 0 Å². The molecule has 0 atom stereocenters. The first-order valence-electron chi connectivity index (χ1n) is 9.30. The third kappa shape index (κ3) is 4.06. The minimum absolute atomic E-state index is 0.297. The number of ether oxygens (including phenoxy) is 1. The van der Waals surface area contributed by atoms with Gasteiger partial charge in [0, 0.05) is 29.3 Å². The van der Waals surface area contributed by atoms with Gasteiger partial charge in [-0.2, -0.15) is 0 Å². The van der Waals surface area contributed by atoms with Crippen LogP contribution in [0.4, 0.5) is 16.2 Å². The number of fused-ring (bicyclic) bond motifs is 1. The topological polar surface area (TPSA) is 67.7 Å². The van der Waals surface area contributed by atoms with E-state index in [1.165, 1.54) is 5.56 Å². The fourth-order valence-corrected chi connectivity index (χ4v) is 3.14. The van der Waals surface area contributed by atoms with Crippen molar-refractivity contribution in [3.8, 4) is 17.0 Å². The van der Waals surface area contributed by atoms with Crippen LogP contribution in [0.5, 0.6) is 5.75 Å². The lowest BCUT2D eigenvalue weighted by molar-refractivity contribution is 0.262. The second kappa shape index (κ2) is 7.67. The van der Waals surface area contributed by atoms with E-state index in [2.05, 4.69) is 21.7 Å². The summed E-state index contributed by atoms with van der Waals surface area (Å²) in [5.74, 6) is 0.756. The summed E-state index contributed by atoms with van der Waals surface area (Å²) in [6.07, 6.45) is 4.00. The largest absolute Gasteiger partial charge is 0.497 e. The van der Waals surface area contributed by atoms with Gasteiger partial charge in [0.25, 0.3) is 0 Å². The first kappa shape index (κ1) is 18.6. The Morgan fingerprint density at radius 3 is 2.52 bits per heavy atom. The maximum atomic E-state index is 12.3. The molecule has 0 unspecified atom stereocenters. The van der Waals surface area contributed by atoms with E-state index in [9.17, 15) is 4.79 Å². The average Bonchev–Trinajstić information content (AvgIpc) is 3.13. The molecule has 6 nitrogen and oxygen atoms in total. The Hall–Kier alpha value is -3.80. The van der Waals surface area contributed by atoms with E-state index in [1.807, 2.05) is 79.2 Å². The first-order chi connectivity index (χ1) is 14.0. The lowest BCUT2D eigenvalue weighted by atomic mass is 10.1. The van der Waals surface area contributed by atoms with Gasteiger partial charge < -0.3 is 19.8 Å². The van der Waals surface area contributed by atoms with E-state index < -0.39 is 0 Å². The highest BCUT2D eigenvalue weighted by atomic mass is 16.5. The van der Waals surface area contributed by atoms with Gasteiger partial charge in [-0.05, 0) is 67.4 Å². The second-order valence-corrected chi connectivity index (χ2v) is 6.93. The van der Waals surface area contributed by atoms with E-state index >= 15 is 0 Å². The van der Waals surface area contributed by atoms with Crippen molar-refractivity contribution in [1.29, 1.82) is 0 Å². The molecular formula is C23H22N4O2. The highest BCUT2D eigenvalue weighted by Crippen LogP contribution is 2.23. The summed E-state index contributed by atoms with van der Waals surface area (Å²) in [5.41, 5.74) is 6.33. The van der Waals surface area contributed by atoms with Gasteiger partial charge in [-0.15, -0.1) is 0 Å². The Kier molecular flexibility index (Phi) is 4.91. The molecule has 0 fully saturated rings. The molecule has 0 radical (unpaired) electrons. The Bertz CT molecular complexity index is 1180. The molecule has 0 aliphatic heterocycles. The molecule has 0 aliphatic carbocycles. The molecule has 6 heteroatoms. The molecule has 4 rings (SSSR count). The number of aromatic nitrogens is 2. The van der Waals surface area contributed by atoms with Crippen molar-refractivity contribution in [2.45, 2.75) is 13.8 Å². The van der Waals surface area contributed by atoms with Gasteiger partial charge in [0.1, 0.15) is 11.4 Å². The summed E-state index contributed by atoms with van der Waals surface area (Å²) in [5, 5.41) is 5.71. The standard InChI is InChI=1S/C23H22N4O2/c1-15-10-11-27-14-21(25-22(27)12-15)17-4-6-18(7-5-17)24-23(28)26-20-9-8-19(29-3)13-16(20)2/h4-14H,1-3H3,(H2,24,26,28). The van der Waals surface area contributed by atoms with E-state index in [1.54, 1.807) is 7.11 Å². The van der Waals surface area contributed by atoms with Crippen molar-refractivity contribution >= 4 is 23.1 Å². The van der Waals surface area contributed by atoms with E-state index in [-0.39, 0.29) is 6.03 Å². The number of carbonyl (C=O) groups excluding carboxylic acids is 1. The maximum Gasteiger partial charge on any atom is 0.323 e. The number of aryl methyl sites for hydroxylation is 2. The number of amides is 2. The Morgan fingerprint density at radius 2 is 1.79 bits per heavy atom. The normalized spacial score (nSPS) is 10.7. The number of urea groups is 1. The van der Waals surface area contributed by atoms with Crippen LogP contribution in [0, 0.1) is 13.8 Å². The predicted octanol–water partition coefficient (Wildman–Crippen LogP) is 5.27. The number of carbonyl (C=O) groups is 1. The molecule has 0 saturated heterocycles. The smallest absolute Gasteiger partial charge is 0.323 e. The number of benzene rings is 2. The van der Waals surface area contributed by atoms with Crippen LogP contribution in [-0.4, -0.2) is 22.5 Å². The Balaban J connectivity index is 1.45. The van der Waals surface area contributed by atoms with Crippen molar-refractivity contribution in [1.82, 2.24) is 9.38 Å². The Morgan fingerprint density at radius 1 is 1.00 bits per heavy atom. The number of nitrogens with zero attached hydrogens (tertiary/aromatic N) is 2. The molecule has 2 N–H and O–H groups in total. The molecule has 2 amide bonds. The summed E-state index contributed by atoms with van der Waals surface area (Å²) in [4.78, 5) is 17.0. The second-order valence-electron chi connectivity index (χ2n) is 6.93. The molecule has 0 saturated carbocycles. The van der Waals surface area contributed by atoms with Crippen LogP contribution in [0.25, 0.3) is 16.9 Å². The van der Waals surface area contributed by atoms with Gasteiger partial charge in [0.15, 0.2) is 0 Å². The molecule has 2 aromatic carbocycles. The highest BCUT2D eigenvalue weighted by molar-refractivity contribution is 6.00. The number of rotatable bonds is 4. The fraction of sp³-hybridized carbons (Fsp3) is 0.130. The van der Waals surface area contributed by atoms with Crippen molar-refractivity contribution in [3.05, 3.63) is 78.1 Å². The number of pyridine rings is 1. The van der Waals surface area contributed by atoms with Crippen LogP contribution in [-0.2, 0) is 0 Å². The monoisotopic (exact) mass is 386 g/mol. The van der Waals surface area contributed by atoms with Gasteiger partial charge in [0.2, 0.25) is 0 Å². The maximum absolute atomic E-state index is 12.3. The number of imidazole rings is 1. The van der Waals surface area contributed by atoms with Gasteiger partial charge in [0.05, 0.1) is 12.8 Å². The predicted molar refractivity (Wildman–Crippen MR) is 116 cm³/mol. The number of anilines is 2. The van der Waals surface area contributed by atoms with Crippen LogP contribution in [0.3, 0.4) is 0 Å². The van der Waals surface area contributed by atoms with Crippen LogP contribution in [0.1, 0.15) is 11.1 Å². The average molecular weight is 386 g/mol. The molecule has 0 bridgehead atoms. The summed E-state index contributed by atoms with van der Waals surface area (Å²) in [6.45, 7) is 3.97. The minimum Gasteiger partial charge on any atom is -0.497 e. The first-order valence-corrected chi connectivity index (χ1v) is 9.30. The van der Waals surface area contributed by atoms with Gasteiger partial charge >= 0.3 is 6.03 Å². The van der Waals surface area contributed by atoms with Gasteiger partial charge in [-0.1, -0.05) is 12.1 Å². The van der Waals surface area contributed by atoms with Crippen LogP contribution in [0.2, 0.25) is 0 Å². The summed E-state index contributed by atoms with van der Waals surface area (Å²) >= 11 is 0. The zero-order chi connectivity index (χ0) is 20.4. The Labute approximate surface area is 169 Å². The number of nitrogens with one attached hydrogen (secondary N) is 2. The van der Waals surface area contributed by atoms with Crippen LogP contribution >= 0.6 is 0 Å². The van der Waals surface area contributed by atoms with Gasteiger partial charge in [-0.25, -0.2) is 9.78 Å². The lowest BCUT2D eigenvalue weighted by Gasteiger charge is -2.11. The van der Waals surface area contributed by atoms with E-state index in [4.69, 9.17) is 4.74 Å². The van der Waals surface area contributed by atoms with Crippen molar-refractivity contribution in [2.75, 3.05) is 17.7 Å². The number of hydrogen-bond donors (Lipinski definition) is 2.